The number of anilines is 1. The molecule has 9 heteroatoms. The molecule has 1 aliphatic rings. The summed E-state index contributed by atoms with van der Waals surface area (Å²) < 4.78 is 34.0. The van der Waals surface area contributed by atoms with Crippen molar-refractivity contribution in [2.75, 3.05) is 11.9 Å². The van der Waals surface area contributed by atoms with E-state index < -0.39 is 29.2 Å². The van der Waals surface area contributed by atoms with E-state index in [1.165, 1.54) is 9.58 Å². The third kappa shape index (κ3) is 4.13. The summed E-state index contributed by atoms with van der Waals surface area (Å²) in [7, 11) is 1.59. The predicted molar refractivity (Wildman–Crippen MR) is 97.9 cm³/mol. The molecule has 1 aromatic carbocycles. The van der Waals surface area contributed by atoms with Gasteiger partial charge in [0.1, 0.15) is 22.9 Å². The number of nitrogens with one attached hydrogen (secondary N) is 1. The summed E-state index contributed by atoms with van der Waals surface area (Å²) in [4.78, 5) is 26.6. The topological polar surface area (TPSA) is 76.5 Å². The Balaban J connectivity index is 1.85. The number of hydrogen-bond donors (Lipinski definition) is 1. The number of rotatable bonds is 2. The number of amides is 2. The Morgan fingerprint density at radius 1 is 1.25 bits per heavy atom. The minimum atomic E-state index is -0.749. The Bertz CT molecular complexity index is 934. The fraction of sp³-hybridized carbons (Fsp3) is 0.421. The molecule has 28 heavy (non-hydrogen) atoms. The van der Waals surface area contributed by atoms with Gasteiger partial charge in [0.05, 0.1) is 17.9 Å². The van der Waals surface area contributed by atoms with Crippen molar-refractivity contribution in [3.63, 3.8) is 0 Å². The lowest BCUT2D eigenvalue weighted by molar-refractivity contribution is 0.0222. The lowest BCUT2D eigenvalue weighted by Crippen LogP contribution is -2.40. The van der Waals surface area contributed by atoms with E-state index in [0.717, 1.165) is 18.2 Å². The van der Waals surface area contributed by atoms with Crippen LogP contribution in [0.15, 0.2) is 18.2 Å². The van der Waals surface area contributed by atoms with Crippen molar-refractivity contribution < 1.29 is 23.1 Å². The Labute approximate surface area is 161 Å². The highest BCUT2D eigenvalue weighted by atomic mass is 19.1. The quantitative estimate of drug-likeness (QED) is 0.851. The largest absolute Gasteiger partial charge is 0.444 e. The third-order valence-electron chi connectivity index (χ3n) is 4.24. The van der Waals surface area contributed by atoms with Gasteiger partial charge in [-0.25, -0.2) is 13.6 Å². The van der Waals surface area contributed by atoms with Gasteiger partial charge in [-0.1, -0.05) is 0 Å². The predicted octanol–water partition coefficient (Wildman–Crippen LogP) is 3.24. The zero-order valence-electron chi connectivity index (χ0n) is 16.2. The molecular weight excluding hydrogens is 370 g/mol. The lowest BCUT2D eigenvalue weighted by Gasteiger charge is -2.29. The number of ether oxygens (including phenoxy) is 1. The summed E-state index contributed by atoms with van der Waals surface area (Å²) in [5.41, 5.74) is 0.536. The van der Waals surface area contributed by atoms with Gasteiger partial charge in [0.2, 0.25) is 0 Å². The molecular formula is C19H22F2N4O3. The molecule has 0 saturated heterocycles. The van der Waals surface area contributed by atoms with Crippen LogP contribution < -0.4 is 5.32 Å². The van der Waals surface area contributed by atoms with Crippen molar-refractivity contribution in [1.82, 2.24) is 14.7 Å². The van der Waals surface area contributed by atoms with E-state index in [9.17, 15) is 18.4 Å². The highest BCUT2D eigenvalue weighted by Gasteiger charge is 2.31. The summed E-state index contributed by atoms with van der Waals surface area (Å²) in [5.74, 6) is -2.05. The van der Waals surface area contributed by atoms with Gasteiger partial charge in [-0.15, -0.1) is 0 Å². The molecule has 0 unspecified atom stereocenters. The Morgan fingerprint density at radius 3 is 2.64 bits per heavy atom. The molecule has 150 valence electrons. The summed E-state index contributed by atoms with van der Waals surface area (Å²) >= 11 is 0. The maximum atomic E-state index is 13.9. The summed E-state index contributed by atoms with van der Waals surface area (Å²) in [6.45, 7) is 5.88. The van der Waals surface area contributed by atoms with Gasteiger partial charge in [0.15, 0.2) is 0 Å². The Hall–Kier alpha value is -2.97. The second-order valence-corrected chi connectivity index (χ2v) is 7.63. The first-order chi connectivity index (χ1) is 13.0. The van der Waals surface area contributed by atoms with Crippen LogP contribution in [0, 0.1) is 11.6 Å². The molecule has 1 aromatic heterocycles. The van der Waals surface area contributed by atoms with Crippen LogP contribution in [0.25, 0.3) is 0 Å². The minimum absolute atomic E-state index is 0.145. The monoisotopic (exact) mass is 392 g/mol. The zero-order valence-corrected chi connectivity index (χ0v) is 16.2. The summed E-state index contributed by atoms with van der Waals surface area (Å²) in [6.07, 6.45) is -0.0196. The standard InChI is InChI=1S/C19H22F2N4O3/c1-19(2,3)28-18(27)25-8-7-14-12(10-25)16(24(4)23-14)17(26)22-15-9-11(20)5-6-13(15)21/h5-6,9H,7-8,10H2,1-4H3,(H,22,26). The van der Waals surface area contributed by atoms with E-state index >= 15 is 0 Å². The first-order valence-electron chi connectivity index (χ1n) is 8.84. The van der Waals surface area contributed by atoms with Gasteiger partial charge in [-0.3, -0.25) is 9.48 Å². The first kappa shape index (κ1) is 19.8. The van der Waals surface area contributed by atoms with E-state index in [-0.39, 0.29) is 17.9 Å². The van der Waals surface area contributed by atoms with Gasteiger partial charge in [0.25, 0.3) is 5.91 Å². The van der Waals surface area contributed by atoms with Gasteiger partial charge >= 0.3 is 6.09 Å². The number of halogens is 2. The zero-order chi connectivity index (χ0) is 20.6. The summed E-state index contributed by atoms with van der Waals surface area (Å²) in [5, 5.41) is 6.71. The van der Waals surface area contributed by atoms with E-state index in [2.05, 4.69) is 10.4 Å². The highest BCUT2D eigenvalue weighted by molar-refractivity contribution is 6.04. The van der Waals surface area contributed by atoms with Crippen LogP contribution in [0.1, 0.15) is 42.5 Å². The number of aromatic nitrogens is 2. The van der Waals surface area contributed by atoms with Crippen LogP contribution in [0.5, 0.6) is 0 Å². The van der Waals surface area contributed by atoms with Crippen molar-refractivity contribution in [2.45, 2.75) is 39.3 Å². The lowest BCUT2D eigenvalue weighted by atomic mass is 10.1. The second-order valence-electron chi connectivity index (χ2n) is 7.63. The molecule has 0 atom stereocenters. The molecule has 0 fully saturated rings. The average molecular weight is 392 g/mol. The highest BCUT2D eigenvalue weighted by Crippen LogP contribution is 2.25. The van der Waals surface area contributed by atoms with E-state index in [4.69, 9.17) is 4.74 Å². The van der Waals surface area contributed by atoms with Crippen LogP contribution in [0.3, 0.4) is 0 Å². The molecule has 3 rings (SSSR count). The van der Waals surface area contributed by atoms with Crippen molar-refractivity contribution >= 4 is 17.7 Å². The molecule has 2 aromatic rings. The fourth-order valence-electron chi connectivity index (χ4n) is 3.04. The summed E-state index contributed by atoms with van der Waals surface area (Å²) in [6, 6.07) is 2.81. The molecule has 0 bridgehead atoms. The molecule has 1 aliphatic heterocycles. The molecule has 1 N–H and O–H groups in total. The van der Waals surface area contributed by atoms with E-state index in [1.807, 2.05) is 0 Å². The van der Waals surface area contributed by atoms with Gasteiger partial charge in [-0.2, -0.15) is 5.10 Å². The minimum Gasteiger partial charge on any atom is -0.444 e. The van der Waals surface area contributed by atoms with Crippen molar-refractivity contribution in [3.05, 3.63) is 46.8 Å². The molecule has 7 nitrogen and oxygen atoms in total. The van der Waals surface area contributed by atoms with Gasteiger partial charge < -0.3 is 15.0 Å². The molecule has 0 spiro atoms. The van der Waals surface area contributed by atoms with Gasteiger partial charge in [0, 0.05) is 31.6 Å². The molecule has 0 radical (unpaired) electrons. The number of carbonyl (C=O) groups is 2. The third-order valence-corrected chi connectivity index (χ3v) is 4.24. The number of aryl methyl sites for hydroxylation is 1. The first-order valence-corrected chi connectivity index (χ1v) is 8.84. The van der Waals surface area contributed by atoms with Crippen LogP contribution in [0.2, 0.25) is 0 Å². The van der Waals surface area contributed by atoms with Gasteiger partial charge in [-0.05, 0) is 32.9 Å². The average Bonchev–Trinajstić information content (AvgIpc) is 2.91. The Morgan fingerprint density at radius 2 is 1.96 bits per heavy atom. The van der Waals surface area contributed by atoms with Crippen molar-refractivity contribution in [1.29, 1.82) is 0 Å². The Kier molecular flexibility index (Phi) is 5.10. The van der Waals surface area contributed by atoms with Crippen LogP contribution in [-0.4, -0.2) is 38.8 Å². The smallest absolute Gasteiger partial charge is 0.410 e. The van der Waals surface area contributed by atoms with Crippen molar-refractivity contribution in [3.8, 4) is 0 Å². The van der Waals surface area contributed by atoms with Crippen LogP contribution in [-0.2, 0) is 24.8 Å². The van der Waals surface area contributed by atoms with Crippen molar-refractivity contribution in [2.24, 2.45) is 7.05 Å². The number of carbonyl (C=O) groups excluding carboxylic acids is 2. The SMILES string of the molecule is Cn1nc2c(c1C(=O)Nc1cc(F)ccc1F)CN(C(=O)OC(C)(C)C)CC2. The van der Waals surface area contributed by atoms with Crippen LogP contribution >= 0.6 is 0 Å². The van der Waals surface area contributed by atoms with Crippen LogP contribution in [0.4, 0.5) is 19.3 Å². The number of hydrogen-bond acceptors (Lipinski definition) is 4. The second kappa shape index (κ2) is 7.21. The molecule has 2 heterocycles. The number of benzene rings is 1. The maximum absolute atomic E-state index is 13.9. The molecule has 2 amide bonds. The van der Waals surface area contributed by atoms with E-state index in [0.29, 0.717) is 24.2 Å². The fourth-order valence-corrected chi connectivity index (χ4v) is 3.04. The molecule has 0 aliphatic carbocycles. The van der Waals surface area contributed by atoms with E-state index in [1.54, 1.807) is 27.8 Å². The maximum Gasteiger partial charge on any atom is 0.410 e. The number of nitrogens with zero attached hydrogens (tertiary/aromatic N) is 3. The molecule has 0 saturated carbocycles. The number of fused-ring (bicyclic) bond motifs is 1. The normalized spacial score (nSPS) is 13.9.